The number of carbonyl (C=O) groups is 3. The zero-order chi connectivity index (χ0) is 45.1. The van der Waals surface area contributed by atoms with E-state index in [0.29, 0.717) is 64.2 Å². The van der Waals surface area contributed by atoms with E-state index in [0.717, 1.165) is 6.42 Å². The molecule has 4 fully saturated rings. The van der Waals surface area contributed by atoms with Gasteiger partial charge in [-0.15, -0.1) is 0 Å². The van der Waals surface area contributed by atoms with Crippen molar-refractivity contribution in [1.29, 1.82) is 0 Å². The molecular weight excluding hydrogens is 787 g/mol. The predicted molar refractivity (Wildman–Crippen MR) is 227 cm³/mol. The highest BCUT2D eigenvalue weighted by atomic mass is 16.8. The summed E-state index contributed by atoms with van der Waals surface area (Å²) < 4.78 is 50.7. The minimum atomic E-state index is -1.48. The average Bonchev–Trinajstić information content (AvgIpc) is 3.57. The monoisotopic (exact) mass is 864 g/mol. The molecular formula is C47H77NO13. The third-order valence-electron chi connectivity index (χ3n) is 14.6. The summed E-state index contributed by atoms with van der Waals surface area (Å²) in [5.41, 5.74) is 4.93. The van der Waals surface area contributed by atoms with Crippen molar-refractivity contribution in [2.45, 2.75) is 218 Å². The molecule has 14 heteroatoms. The Kier molecular flexibility index (Phi) is 16.4. The highest BCUT2D eigenvalue weighted by Crippen LogP contribution is 2.54. The number of Topliss-reactive ketones (excluding diaryl/α,β-unsaturated/α-hetero) is 1. The Hall–Kier alpha value is -2.43. The number of esters is 1. The number of hydrogen-bond donors (Lipinski definition) is 3. The lowest BCUT2D eigenvalue weighted by molar-refractivity contribution is -0.408. The van der Waals surface area contributed by atoms with Crippen molar-refractivity contribution < 1.29 is 62.5 Å². The van der Waals surface area contributed by atoms with Crippen molar-refractivity contribution >= 4 is 17.9 Å². The number of ether oxygens (including phenoxy) is 8. The van der Waals surface area contributed by atoms with Crippen molar-refractivity contribution in [2.24, 2.45) is 35.3 Å². The lowest BCUT2D eigenvalue weighted by Crippen LogP contribution is -2.63. The van der Waals surface area contributed by atoms with Crippen LogP contribution in [0.3, 0.4) is 0 Å². The second-order valence-electron chi connectivity index (χ2n) is 19.2. The molecule has 0 unspecified atom stereocenters. The topological polar surface area (TPSA) is 192 Å². The van der Waals surface area contributed by atoms with Gasteiger partial charge in [-0.2, -0.15) is 0 Å². The molecule has 14 nitrogen and oxygen atoms in total. The van der Waals surface area contributed by atoms with Crippen molar-refractivity contribution in [1.82, 2.24) is 0 Å². The van der Waals surface area contributed by atoms with E-state index in [1.807, 2.05) is 41.5 Å². The van der Waals surface area contributed by atoms with E-state index in [1.165, 1.54) is 6.08 Å². The van der Waals surface area contributed by atoms with Gasteiger partial charge in [0.15, 0.2) is 11.9 Å². The summed E-state index contributed by atoms with van der Waals surface area (Å²) in [5.74, 6) is -5.57. The molecule has 4 N–H and O–H groups in total. The van der Waals surface area contributed by atoms with Crippen LogP contribution in [0.15, 0.2) is 24.8 Å². The summed E-state index contributed by atoms with van der Waals surface area (Å²) in [5, 5.41) is 22.9. The largest absolute Gasteiger partial charge is 0.509 e. The Balaban J connectivity index is 1.36. The van der Waals surface area contributed by atoms with E-state index in [-0.39, 0.29) is 36.3 Å². The van der Waals surface area contributed by atoms with Crippen LogP contribution in [0.2, 0.25) is 0 Å². The molecule has 61 heavy (non-hydrogen) atoms. The molecule has 4 saturated heterocycles. The normalized spacial score (nSPS) is 40.2. The van der Waals surface area contributed by atoms with Crippen LogP contribution in [0.25, 0.3) is 0 Å². The molecule has 5 aliphatic heterocycles. The molecule has 0 radical (unpaired) electrons. The van der Waals surface area contributed by atoms with E-state index in [1.54, 1.807) is 32.9 Å². The Morgan fingerprint density at radius 3 is 2.28 bits per heavy atom. The predicted octanol–water partition coefficient (Wildman–Crippen LogP) is 6.85. The fourth-order valence-corrected chi connectivity index (χ4v) is 10.6. The third kappa shape index (κ3) is 10.4. The SMILES string of the molecule is C=CCOC(=O)[C@H](CC)[C@H]1CCC[C@H]([C@@H](N)[C@H](O)[C@H](C)C(=O)[C@H](CC)[C@H]2O[C@]3(C=C[C@@H](OC(=O)OC(C)C)[C@]4(CC[C@@](C)([C@H]5CC[C@](O)(CC)[C@H](C)O5)O4)O3)[C@H](C)C[C@@H]2C)O1. The highest BCUT2D eigenvalue weighted by Gasteiger charge is 2.64. The number of nitrogens with two attached hydrogens (primary N) is 1. The molecule has 5 aliphatic rings. The highest BCUT2D eigenvalue weighted by molar-refractivity contribution is 5.84. The van der Waals surface area contributed by atoms with Crippen molar-refractivity contribution in [3.63, 3.8) is 0 Å². The quantitative estimate of drug-likeness (QED) is 0.108. The summed E-state index contributed by atoms with van der Waals surface area (Å²) in [6.07, 6.45) is 5.43. The van der Waals surface area contributed by atoms with E-state index < -0.39 is 95.5 Å². The number of rotatable bonds is 16. The molecule has 0 aliphatic carbocycles. The minimum absolute atomic E-state index is 0.0612. The Labute approximate surface area is 363 Å². The minimum Gasteiger partial charge on any atom is -0.461 e. The van der Waals surface area contributed by atoms with Gasteiger partial charge < -0.3 is 53.8 Å². The summed E-state index contributed by atoms with van der Waals surface area (Å²) >= 11 is 0. The van der Waals surface area contributed by atoms with Crippen LogP contribution in [-0.4, -0.2) is 112 Å². The van der Waals surface area contributed by atoms with Crippen LogP contribution >= 0.6 is 0 Å². The third-order valence-corrected chi connectivity index (χ3v) is 14.6. The molecule has 5 heterocycles. The molecule has 0 aromatic heterocycles. The fourth-order valence-electron chi connectivity index (χ4n) is 10.6. The fraction of sp³-hybridized carbons (Fsp3) is 0.851. The molecule has 5 rings (SSSR count). The summed E-state index contributed by atoms with van der Waals surface area (Å²) in [4.78, 5) is 40.4. The van der Waals surface area contributed by atoms with E-state index in [9.17, 15) is 24.6 Å². The number of carbonyl (C=O) groups excluding carboxylic acids is 3. The lowest BCUT2D eigenvalue weighted by Gasteiger charge is -2.54. The zero-order valence-electron chi connectivity index (χ0n) is 38.5. The standard InChI is InChI=1S/C47H77NO13/c1-12-25-54-42(51)32(13-2)34-17-16-18-35(57-34)38(48)40(50)30(9)39(49)33(14-3)41-28(7)26-29(8)46(59-41)22-20-37(58-43(52)55-27(5)6)47(61-46)24-23-44(11,60-47)36-19-21-45(53,15-4)31(10)56-36/h12,20,22,27-38,40-41,50,53H,1,13-19,21,23-26,48H2,2-11H3/t28-,29+,30+,31-,32+,33-,34+,35+,36+,37+,38+,40+,41-,44-,45+,46-,47-/m0/s1. The Bertz CT molecular complexity index is 1560. The van der Waals surface area contributed by atoms with Gasteiger partial charge in [0, 0.05) is 24.2 Å². The van der Waals surface area contributed by atoms with Crippen molar-refractivity contribution in [3.8, 4) is 0 Å². The van der Waals surface area contributed by atoms with E-state index in [2.05, 4.69) is 13.5 Å². The first-order valence-corrected chi connectivity index (χ1v) is 23.1. The van der Waals surface area contributed by atoms with Gasteiger partial charge in [0.25, 0.3) is 0 Å². The van der Waals surface area contributed by atoms with Crippen molar-refractivity contribution in [2.75, 3.05) is 6.61 Å². The molecule has 348 valence electrons. The summed E-state index contributed by atoms with van der Waals surface area (Å²) in [7, 11) is 0. The molecule has 0 saturated carbocycles. The summed E-state index contributed by atoms with van der Waals surface area (Å²) in [6, 6.07) is -0.874. The van der Waals surface area contributed by atoms with E-state index in [4.69, 9.17) is 43.6 Å². The first-order valence-electron chi connectivity index (χ1n) is 23.1. The maximum Gasteiger partial charge on any atom is 0.509 e. The molecule has 2 spiro atoms. The lowest BCUT2D eigenvalue weighted by atomic mass is 9.73. The van der Waals surface area contributed by atoms with Crippen LogP contribution in [0.4, 0.5) is 4.79 Å². The smallest absolute Gasteiger partial charge is 0.461 e. The van der Waals surface area contributed by atoms with Gasteiger partial charge in [-0.05, 0) is 110 Å². The van der Waals surface area contributed by atoms with Crippen LogP contribution in [0.5, 0.6) is 0 Å². The van der Waals surface area contributed by atoms with Gasteiger partial charge in [0.05, 0.1) is 65.9 Å². The number of aliphatic hydroxyl groups excluding tert-OH is 1. The average molecular weight is 864 g/mol. The van der Waals surface area contributed by atoms with Gasteiger partial charge in [0.2, 0.25) is 5.79 Å². The number of hydrogen-bond acceptors (Lipinski definition) is 14. The Morgan fingerprint density at radius 1 is 0.967 bits per heavy atom. The van der Waals surface area contributed by atoms with Crippen LogP contribution in [0.1, 0.15) is 140 Å². The zero-order valence-corrected chi connectivity index (χ0v) is 38.5. The maximum absolute atomic E-state index is 14.6. The van der Waals surface area contributed by atoms with Crippen LogP contribution < -0.4 is 5.73 Å². The van der Waals surface area contributed by atoms with Gasteiger partial charge in [-0.3, -0.25) is 9.59 Å². The molecule has 17 atom stereocenters. The Morgan fingerprint density at radius 2 is 1.66 bits per heavy atom. The molecule has 0 aromatic carbocycles. The second kappa shape index (κ2) is 20.2. The van der Waals surface area contributed by atoms with E-state index >= 15 is 0 Å². The second-order valence-corrected chi connectivity index (χ2v) is 19.2. The number of ketones is 1. The van der Waals surface area contributed by atoms with Gasteiger partial charge in [0.1, 0.15) is 12.4 Å². The summed E-state index contributed by atoms with van der Waals surface area (Å²) in [6.45, 7) is 22.7. The maximum atomic E-state index is 14.6. The van der Waals surface area contributed by atoms with Gasteiger partial charge >= 0.3 is 12.1 Å². The molecule has 0 amide bonds. The first-order chi connectivity index (χ1) is 28.7. The molecule has 0 bridgehead atoms. The van der Waals surface area contributed by atoms with Crippen molar-refractivity contribution in [3.05, 3.63) is 24.8 Å². The van der Waals surface area contributed by atoms with Gasteiger partial charge in [-0.1, -0.05) is 54.2 Å². The first kappa shape index (κ1) is 49.6. The van der Waals surface area contributed by atoms with Crippen LogP contribution in [-0.2, 0) is 47.5 Å². The van der Waals surface area contributed by atoms with Crippen LogP contribution in [0, 0.1) is 29.6 Å². The van der Waals surface area contributed by atoms with Gasteiger partial charge in [-0.25, -0.2) is 4.79 Å². The number of aliphatic hydroxyl groups is 2. The molecule has 0 aromatic rings.